The minimum atomic E-state index is -0.232. The zero-order valence-electron chi connectivity index (χ0n) is 15.2. The summed E-state index contributed by atoms with van der Waals surface area (Å²) in [4.78, 5) is 0. The summed E-state index contributed by atoms with van der Waals surface area (Å²) in [6.45, 7) is 6.57. The molecule has 0 radical (unpaired) electrons. The van der Waals surface area contributed by atoms with Crippen molar-refractivity contribution in [3.63, 3.8) is 0 Å². The average molecular weight is 366 g/mol. The van der Waals surface area contributed by atoms with Crippen LogP contribution in [0, 0.1) is 0 Å². The minimum absolute atomic E-state index is 0.232. The van der Waals surface area contributed by atoms with Gasteiger partial charge in [0.25, 0.3) is 0 Å². The molecule has 3 aromatic rings. The zero-order chi connectivity index (χ0) is 18.1. The smallest absolute Gasteiger partial charge is 0.242 e. The Morgan fingerprint density at radius 2 is 1.69 bits per heavy atom. The van der Waals surface area contributed by atoms with Gasteiger partial charge in [0.1, 0.15) is 5.69 Å². The number of nitrogens with zero attached hydrogens (tertiary/aromatic N) is 2. The van der Waals surface area contributed by atoms with Gasteiger partial charge < -0.3 is 9.47 Å². The monoisotopic (exact) mass is 366 g/mol. The van der Waals surface area contributed by atoms with Gasteiger partial charge in [0.15, 0.2) is 11.5 Å². The Morgan fingerprint density at radius 3 is 2.38 bits per heavy atom. The highest BCUT2D eigenvalue weighted by molar-refractivity contribution is 7.03. The van der Waals surface area contributed by atoms with Crippen LogP contribution in [-0.2, 0) is 0 Å². The van der Waals surface area contributed by atoms with Crippen LogP contribution in [0.2, 0.25) is 0 Å². The van der Waals surface area contributed by atoms with Crippen molar-refractivity contribution in [2.45, 2.75) is 45.3 Å². The standard InChI is InChI=1S/C21H22N2O2S/c1-13(2)17-8-9-19-20(11-17)25-21(24-19)10-14(3)15-4-6-16(7-5-15)18-12-26-23-22-18/h4-9,11-14,21H,10H2,1-3H3. The van der Waals surface area contributed by atoms with Crippen molar-refractivity contribution in [1.29, 1.82) is 0 Å². The first kappa shape index (κ1) is 17.0. The van der Waals surface area contributed by atoms with Crippen molar-refractivity contribution in [2.75, 3.05) is 0 Å². The fourth-order valence-corrected chi connectivity index (χ4v) is 3.64. The molecule has 1 aromatic heterocycles. The Labute approximate surface area is 158 Å². The van der Waals surface area contributed by atoms with E-state index in [2.05, 4.69) is 66.8 Å². The first-order chi connectivity index (χ1) is 12.6. The zero-order valence-corrected chi connectivity index (χ0v) is 16.0. The second-order valence-corrected chi connectivity index (χ2v) is 7.68. The normalized spacial score (nSPS) is 16.8. The molecular formula is C21H22N2O2S. The molecule has 5 heteroatoms. The predicted octanol–water partition coefficient (Wildman–Crippen LogP) is 5.62. The third-order valence-electron chi connectivity index (χ3n) is 4.83. The van der Waals surface area contributed by atoms with E-state index >= 15 is 0 Å². The molecule has 134 valence electrons. The van der Waals surface area contributed by atoms with E-state index in [1.807, 2.05) is 11.4 Å². The molecule has 0 saturated carbocycles. The lowest BCUT2D eigenvalue weighted by atomic mass is 9.96. The Bertz CT molecular complexity index is 876. The maximum Gasteiger partial charge on any atom is 0.242 e. The lowest BCUT2D eigenvalue weighted by Gasteiger charge is -2.16. The maximum atomic E-state index is 6.03. The third-order valence-corrected chi connectivity index (χ3v) is 5.34. The van der Waals surface area contributed by atoms with Crippen LogP contribution in [0.15, 0.2) is 47.8 Å². The van der Waals surface area contributed by atoms with Crippen molar-refractivity contribution in [2.24, 2.45) is 0 Å². The molecule has 0 N–H and O–H groups in total. The summed E-state index contributed by atoms with van der Waals surface area (Å²) in [7, 11) is 0. The fraction of sp³-hybridized carbons (Fsp3) is 0.333. The molecule has 0 fully saturated rings. The SMILES string of the molecule is CC(C)c1ccc2c(c1)OC(CC(C)c1ccc(-c3csnn3)cc1)O2. The molecule has 2 unspecified atom stereocenters. The number of benzene rings is 2. The van der Waals surface area contributed by atoms with E-state index in [1.165, 1.54) is 22.7 Å². The van der Waals surface area contributed by atoms with Crippen molar-refractivity contribution >= 4 is 11.5 Å². The van der Waals surface area contributed by atoms with Crippen LogP contribution in [0.5, 0.6) is 11.5 Å². The Kier molecular flexibility index (Phi) is 4.64. The van der Waals surface area contributed by atoms with Gasteiger partial charge in [0, 0.05) is 17.4 Å². The van der Waals surface area contributed by atoms with Gasteiger partial charge in [-0.2, -0.15) is 0 Å². The number of hydrogen-bond donors (Lipinski definition) is 0. The van der Waals surface area contributed by atoms with E-state index in [4.69, 9.17) is 9.47 Å². The molecule has 2 heterocycles. The van der Waals surface area contributed by atoms with Gasteiger partial charge in [-0.3, -0.25) is 0 Å². The molecule has 4 rings (SSSR count). The number of rotatable bonds is 5. The Morgan fingerprint density at radius 1 is 0.962 bits per heavy atom. The molecule has 2 atom stereocenters. The summed E-state index contributed by atoms with van der Waals surface area (Å²) in [5.41, 5.74) is 4.56. The van der Waals surface area contributed by atoms with E-state index in [0.29, 0.717) is 11.8 Å². The first-order valence-corrected chi connectivity index (χ1v) is 9.78. The lowest BCUT2D eigenvalue weighted by Crippen LogP contribution is -2.20. The molecular weight excluding hydrogens is 344 g/mol. The fourth-order valence-electron chi connectivity index (χ4n) is 3.17. The molecule has 1 aliphatic heterocycles. The summed E-state index contributed by atoms with van der Waals surface area (Å²) in [5, 5.41) is 6.07. The molecule has 0 bridgehead atoms. The van der Waals surface area contributed by atoms with Gasteiger partial charge >= 0.3 is 0 Å². The number of hydrogen-bond acceptors (Lipinski definition) is 5. The molecule has 1 aliphatic rings. The van der Waals surface area contributed by atoms with E-state index in [-0.39, 0.29) is 6.29 Å². The highest BCUT2D eigenvalue weighted by atomic mass is 32.1. The van der Waals surface area contributed by atoms with Gasteiger partial charge in [-0.15, -0.1) is 5.10 Å². The van der Waals surface area contributed by atoms with Crippen LogP contribution in [0.25, 0.3) is 11.3 Å². The van der Waals surface area contributed by atoms with Gasteiger partial charge in [-0.1, -0.05) is 55.6 Å². The molecule has 0 aliphatic carbocycles. The highest BCUT2D eigenvalue weighted by Gasteiger charge is 2.26. The summed E-state index contributed by atoms with van der Waals surface area (Å²) >= 11 is 1.37. The molecule has 0 spiro atoms. The van der Waals surface area contributed by atoms with Gasteiger partial charge in [-0.05, 0) is 46.6 Å². The maximum absolute atomic E-state index is 6.03. The number of fused-ring (bicyclic) bond motifs is 1. The van der Waals surface area contributed by atoms with Crippen LogP contribution in [0.1, 0.15) is 50.2 Å². The van der Waals surface area contributed by atoms with Crippen molar-refractivity contribution in [3.05, 3.63) is 59.0 Å². The highest BCUT2D eigenvalue weighted by Crippen LogP contribution is 2.39. The largest absolute Gasteiger partial charge is 0.451 e. The summed E-state index contributed by atoms with van der Waals surface area (Å²) in [6, 6.07) is 14.7. The Hall–Kier alpha value is -2.40. The van der Waals surface area contributed by atoms with Gasteiger partial charge in [0.2, 0.25) is 6.29 Å². The van der Waals surface area contributed by atoms with Crippen LogP contribution in [-0.4, -0.2) is 15.9 Å². The van der Waals surface area contributed by atoms with E-state index < -0.39 is 0 Å². The number of ether oxygens (including phenoxy) is 2. The lowest BCUT2D eigenvalue weighted by molar-refractivity contribution is 0.0367. The van der Waals surface area contributed by atoms with E-state index in [0.717, 1.165) is 29.2 Å². The van der Waals surface area contributed by atoms with Crippen molar-refractivity contribution < 1.29 is 9.47 Å². The van der Waals surface area contributed by atoms with E-state index in [9.17, 15) is 0 Å². The molecule has 0 saturated heterocycles. The van der Waals surface area contributed by atoms with Crippen molar-refractivity contribution in [1.82, 2.24) is 9.59 Å². The number of aromatic nitrogens is 2. The van der Waals surface area contributed by atoms with Crippen LogP contribution in [0.3, 0.4) is 0 Å². The molecule has 4 nitrogen and oxygen atoms in total. The minimum Gasteiger partial charge on any atom is -0.451 e. The predicted molar refractivity (Wildman–Crippen MR) is 104 cm³/mol. The van der Waals surface area contributed by atoms with Crippen LogP contribution in [0.4, 0.5) is 0 Å². The first-order valence-electron chi connectivity index (χ1n) is 8.95. The molecule has 26 heavy (non-hydrogen) atoms. The third kappa shape index (κ3) is 3.44. The second-order valence-electron chi connectivity index (χ2n) is 7.08. The Balaban J connectivity index is 1.41. The second kappa shape index (κ2) is 7.08. The van der Waals surface area contributed by atoms with Crippen LogP contribution >= 0.6 is 11.5 Å². The molecule has 0 amide bonds. The summed E-state index contributed by atoms with van der Waals surface area (Å²) in [6.07, 6.45) is 0.577. The summed E-state index contributed by atoms with van der Waals surface area (Å²) < 4.78 is 15.9. The molecule has 2 aromatic carbocycles. The summed E-state index contributed by atoms with van der Waals surface area (Å²) in [5.74, 6) is 2.52. The van der Waals surface area contributed by atoms with Gasteiger partial charge in [-0.25, -0.2) is 0 Å². The quantitative estimate of drug-likeness (QED) is 0.588. The topological polar surface area (TPSA) is 44.2 Å². The van der Waals surface area contributed by atoms with Gasteiger partial charge in [0.05, 0.1) is 0 Å². The van der Waals surface area contributed by atoms with Crippen LogP contribution < -0.4 is 9.47 Å². The average Bonchev–Trinajstić information content (AvgIpc) is 3.30. The van der Waals surface area contributed by atoms with Crippen molar-refractivity contribution in [3.8, 4) is 22.8 Å². The van der Waals surface area contributed by atoms with E-state index in [1.54, 1.807) is 0 Å².